The van der Waals surface area contributed by atoms with Crippen LogP contribution in [0.4, 0.5) is 0 Å². The second kappa shape index (κ2) is 9.99. The summed E-state index contributed by atoms with van der Waals surface area (Å²) in [5, 5.41) is 0. The van der Waals surface area contributed by atoms with Crippen LogP contribution in [0.5, 0.6) is 0 Å². The lowest BCUT2D eigenvalue weighted by Gasteiger charge is -2.32. The summed E-state index contributed by atoms with van der Waals surface area (Å²) in [6.07, 6.45) is 2.36. The summed E-state index contributed by atoms with van der Waals surface area (Å²) in [5.41, 5.74) is 5.46. The third kappa shape index (κ3) is 6.04. The Kier molecular flexibility index (Phi) is 12.0. The van der Waals surface area contributed by atoms with E-state index in [1.165, 1.54) is 6.42 Å². The Balaban J connectivity index is 0. The van der Waals surface area contributed by atoms with Gasteiger partial charge in [-0.05, 0) is 26.3 Å². The number of nitrogens with two attached hydrogens (primary N) is 1. The summed E-state index contributed by atoms with van der Waals surface area (Å²) in [4.78, 5) is 2.49. The lowest BCUT2D eigenvalue weighted by atomic mass is 10.1. The van der Waals surface area contributed by atoms with Crippen LogP contribution in [0.2, 0.25) is 0 Å². The second-order valence-corrected chi connectivity index (χ2v) is 3.43. The lowest BCUT2D eigenvalue weighted by molar-refractivity contribution is 0.0184. The van der Waals surface area contributed by atoms with E-state index in [0.717, 1.165) is 39.3 Å². The van der Waals surface area contributed by atoms with Crippen LogP contribution in [0.1, 0.15) is 19.8 Å². The van der Waals surface area contributed by atoms with E-state index in [2.05, 4.69) is 11.8 Å². The number of morpholine rings is 1. The van der Waals surface area contributed by atoms with E-state index in [-0.39, 0.29) is 24.8 Å². The smallest absolute Gasteiger partial charge is 0.0594 e. The van der Waals surface area contributed by atoms with Gasteiger partial charge in [-0.25, -0.2) is 0 Å². The van der Waals surface area contributed by atoms with Crippen molar-refractivity contribution < 1.29 is 4.74 Å². The highest BCUT2D eigenvalue weighted by molar-refractivity contribution is 5.85. The Morgan fingerprint density at radius 3 is 2.36 bits per heavy atom. The summed E-state index contributed by atoms with van der Waals surface area (Å²) in [6.45, 7) is 7.06. The van der Waals surface area contributed by atoms with Gasteiger partial charge in [0.05, 0.1) is 13.2 Å². The molecule has 0 aromatic heterocycles. The number of rotatable bonds is 4. The quantitative estimate of drug-likeness (QED) is 0.811. The van der Waals surface area contributed by atoms with Gasteiger partial charge in [0.2, 0.25) is 0 Å². The standard InChI is InChI=1S/C9H20N2O.2ClH/c1-9(3-2-4-10)11-5-7-12-8-6-11;;/h9H,2-8,10H2,1H3;2*1H. The third-order valence-electron chi connectivity index (χ3n) is 2.50. The summed E-state index contributed by atoms with van der Waals surface area (Å²) >= 11 is 0. The van der Waals surface area contributed by atoms with Crippen LogP contribution in [0, 0.1) is 0 Å². The molecule has 1 saturated heterocycles. The van der Waals surface area contributed by atoms with Crippen LogP contribution in [-0.4, -0.2) is 43.8 Å². The number of hydrogen-bond donors (Lipinski definition) is 1. The Bertz CT molecular complexity index is 121. The molecule has 0 bridgehead atoms. The molecule has 14 heavy (non-hydrogen) atoms. The first-order valence-electron chi connectivity index (χ1n) is 4.86. The molecule has 3 nitrogen and oxygen atoms in total. The molecular formula is C9H22Cl2N2O. The Morgan fingerprint density at radius 2 is 1.86 bits per heavy atom. The number of nitrogens with zero attached hydrogens (tertiary/aromatic N) is 1. The van der Waals surface area contributed by atoms with Crippen molar-refractivity contribution in [3.8, 4) is 0 Å². The molecule has 1 aliphatic rings. The Labute approximate surface area is 99.2 Å². The highest BCUT2D eigenvalue weighted by Gasteiger charge is 2.15. The fourth-order valence-electron chi connectivity index (χ4n) is 1.61. The normalized spacial score (nSPS) is 19.3. The fourth-order valence-corrected chi connectivity index (χ4v) is 1.61. The molecule has 0 aromatic rings. The zero-order chi connectivity index (χ0) is 8.81. The van der Waals surface area contributed by atoms with Gasteiger partial charge >= 0.3 is 0 Å². The molecule has 2 N–H and O–H groups in total. The van der Waals surface area contributed by atoms with Crippen molar-refractivity contribution in [3.63, 3.8) is 0 Å². The van der Waals surface area contributed by atoms with Crippen LogP contribution in [0.15, 0.2) is 0 Å². The van der Waals surface area contributed by atoms with Gasteiger partial charge in [-0.1, -0.05) is 0 Å². The van der Waals surface area contributed by atoms with Gasteiger partial charge in [0, 0.05) is 19.1 Å². The zero-order valence-corrected chi connectivity index (χ0v) is 10.4. The fraction of sp³-hybridized carbons (Fsp3) is 1.00. The van der Waals surface area contributed by atoms with Gasteiger partial charge < -0.3 is 10.5 Å². The van der Waals surface area contributed by atoms with Crippen molar-refractivity contribution in [2.75, 3.05) is 32.8 Å². The van der Waals surface area contributed by atoms with Crippen molar-refractivity contribution in [1.82, 2.24) is 4.90 Å². The minimum atomic E-state index is 0. The molecule has 1 fully saturated rings. The molecule has 0 amide bonds. The average Bonchev–Trinajstić information content (AvgIpc) is 2.15. The minimum Gasteiger partial charge on any atom is -0.379 e. The van der Waals surface area contributed by atoms with E-state index < -0.39 is 0 Å². The van der Waals surface area contributed by atoms with Crippen LogP contribution >= 0.6 is 24.8 Å². The molecular weight excluding hydrogens is 223 g/mol. The molecule has 0 saturated carbocycles. The molecule has 88 valence electrons. The summed E-state index contributed by atoms with van der Waals surface area (Å²) in [6, 6.07) is 0.678. The SMILES string of the molecule is CC(CCCN)N1CCOCC1.Cl.Cl. The summed E-state index contributed by atoms with van der Waals surface area (Å²) < 4.78 is 5.29. The topological polar surface area (TPSA) is 38.5 Å². The van der Waals surface area contributed by atoms with Crippen molar-refractivity contribution in [1.29, 1.82) is 0 Å². The number of halogens is 2. The molecule has 1 atom stereocenters. The summed E-state index contributed by atoms with van der Waals surface area (Å²) in [7, 11) is 0. The van der Waals surface area contributed by atoms with Crippen molar-refractivity contribution in [2.45, 2.75) is 25.8 Å². The molecule has 0 aliphatic carbocycles. The monoisotopic (exact) mass is 244 g/mol. The first-order valence-corrected chi connectivity index (χ1v) is 4.86. The van der Waals surface area contributed by atoms with E-state index in [1.807, 2.05) is 0 Å². The molecule has 0 aromatic carbocycles. The largest absolute Gasteiger partial charge is 0.379 e. The maximum Gasteiger partial charge on any atom is 0.0594 e. The van der Waals surface area contributed by atoms with E-state index in [9.17, 15) is 0 Å². The second-order valence-electron chi connectivity index (χ2n) is 3.43. The van der Waals surface area contributed by atoms with E-state index in [0.29, 0.717) is 6.04 Å². The van der Waals surface area contributed by atoms with Crippen molar-refractivity contribution in [3.05, 3.63) is 0 Å². The predicted octanol–water partition coefficient (Wildman–Crippen LogP) is 1.29. The Morgan fingerprint density at radius 1 is 1.29 bits per heavy atom. The first kappa shape index (κ1) is 16.9. The molecule has 0 radical (unpaired) electrons. The van der Waals surface area contributed by atoms with Crippen molar-refractivity contribution in [2.24, 2.45) is 5.73 Å². The van der Waals surface area contributed by atoms with E-state index in [4.69, 9.17) is 10.5 Å². The molecule has 1 aliphatic heterocycles. The van der Waals surface area contributed by atoms with Crippen LogP contribution in [0.3, 0.4) is 0 Å². The zero-order valence-electron chi connectivity index (χ0n) is 8.78. The van der Waals surface area contributed by atoms with Gasteiger partial charge in [-0.2, -0.15) is 0 Å². The van der Waals surface area contributed by atoms with Gasteiger partial charge in [0.25, 0.3) is 0 Å². The van der Waals surface area contributed by atoms with E-state index in [1.54, 1.807) is 0 Å². The number of ether oxygens (including phenoxy) is 1. The van der Waals surface area contributed by atoms with Crippen LogP contribution < -0.4 is 5.73 Å². The highest BCUT2D eigenvalue weighted by atomic mass is 35.5. The number of hydrogen-bond acceptors (Lipinski definition) is 3. The lowest BCUT2D eigenvalue weighted by Crippen LogP contribution is -2.42. The Hall–Kier alpha value is 0.460. The van der Waals surface area contributed by atoms with Crippen LogP contribution in [-0.2, 0) is 4.74 Å². The van der Waals surface area contributed by atoms with Gasteiger partial charge in [-0.3, -0.25) is 4.90 Å². The molecule has 1 rings (SSSR count). The van der Waals surface area contributed by atoms with Gasteiger partial charge in [0.15, 0.2) is 0 Å². The average molecular weight is 245 g/mol. The van der Waals surface area contributed by atoms with Crippen LogP contribution in [0.25, 0.3) is 0 Å². The molecule has 0 spiro atoms. The first-order chi connectivity index (χ1) is 5.84. The predicted molar refractivity (Wildman–Crippen MR) is 64.6 cm³/mol. The van der Waals surface area contributed by atoms with Gasteiger partial charge in [0.1, 0.15) is 0 Å². The molecule has 1 unspecified atom stereocenters. The molecule has 1 heterocycles. The van der Waals surface area contributed by atoms with Gasteiger partial charge in [-0.15, -0.1) is 24.8 Å². The van der Waals surface area contributed by atoms with Crippen molar-refractivity contribution >= 4 is 24.8 Å². The highest BCUT2D eigenvalue weighted by Crippen LogP contribution is 2.08. The van der Waals surface area contributed by atoms with E-state index >= 15 is 0 Å². The minimum absolute atomic E-state index is 0. The molecule has 5 heteroatoms. The maximum atomic E-state index is 5.46. The third-order valence-corrected chi connectivity index (χ3v) is 2.50. The maximum absolute atomic E-state index is 5.46. The summed E-state index contributed by atoms with van der Waals surface area (Å²) in [5.74, 6) is 0.